The maximum atomic E-state index is 12.6. The van der Waals surface area contributed by atoms with Crippen molar-refractivity contribution in [2.24, 2.45) is 5.92 Å². The molecule has 0 aromatic carbocycles. The van der Waals surface area contributed by atoms with Crippen LogP contribution in [0, 0.1) is 18.3 Å². The van der Waals surface area contributed by atoms with Crippen molar-refractivity contribution in [1.29, 1.82) is 0 Å². The third-order valence-corrected chi connectivity index (χ3v) is 4.53. The first-order valence-electron chi connectivity index (χ1n) is 7.76. The molecule has 4 nitrogen and oxygen atoms in total. The third-order valence-electron chi connectivity index (χ3n) is 4.53. The van der Waals surface area contributed by atoms with Gasteiger partial charge in [0.25, 0.3) is 0 Å². The number of carbonyl (C=O) groups is 1. The number of likely N-dealkylation sites (tertiary alicyclic amines) is 2. The molecule has 2 saturated heterocycles. The van der Waals surface area contributed by atoms with E-state index in [2.05, 4.69) is 10.8 Å². The monoisotopic (exact) mass is 278 g/mol. The molecular weight excluding hydrogens is 252 g/mol. The van der Waals surface area contributed by atoms with E-state index in [9.17, 15) is 9.90 Å². The van der Waals surface area contributed by atoms with Crippen molar-refractivity contribution in [2.45, 2.75) is 51.2 Å². The Morgan fingerprint density at radius 3 is 2.65 bits per heavy atom. The van der Waals surface area contributed by atoms with Gasteiger partial charge >= 0.3 is 0 Å². The zero-order valence-electron chi connectivity index (χ0n) is 12.4. The number of hydrogen-bond acceptors (Lipinski definition) is 3. The van der Waals surface area contributed by atoms with Crippen molar-refractivity contribution in [3.8, 4) is 12.3 Å². The lowest BCUT2D eigenvalue weighted by Crippen LogP contribution is -2.45. The summed E-state index contributed by atoms with van der Waals surface area (Å²) in [4.78, 5) is 16.9. The Kier molecular flexibility index (Phi) is 5.45. The van der Waals surface area contributed by atoms with Crippen LogP contribution in [0.2, 0.25) is 0 Å². The van der Waals surface area contributed by atoms with E-state index in [-0.39, 0.29) is 18.1 Å². The Balaban J connectivity index is 1.87. The summed E-state index contributed by atoms with van der Waals surface area (Å²) in [5.41, 5.74) is 0. The molecule has 0 radical (unpaired) electrons. The molecule has 2 rings (SSSR count). The van der Waals surface area contributed by atoms with E-state index in [1.807, 2.05) is 4.90 Å². The molecular formula is C16H26N2O2. The highest BCUT2D eigenvalue weighted by Crippen LogP contribution is 2.27. The third kappa shape index (κ3) is 3.74. The fourth-order valence-corrected chi connectivity index (χ4v) is 3.47. The fraction of sp³-hybridized carbons (Fsp3) is 0.812. The molecule has 2 heterocycles. The second kappa shape index (κ2) is 7.10. The van der Waals surface area contributed by atoms with E-state index in [4.69, 9.17) is 6.42 Å². The Hall–Kier alpha value is -1.05. The molecule has 0 bridgehead atoms. The molecule has 112 valence electrons. The molecule has 4 heteroatoms. The van der Waals surface area contributed by atoms with Gasteiger partial charge in [0.2, 0.25) is 5.91 Å². The highest BCUT2D eigenvalue weighted by molar-refractivity contribution is 5.79. The minimum Gasteiger partial charge on any atom is -0.393 e. The summed E-state index contributed by atoms with van der Waals surface area (Å²) in [7, 11) is 0. The smallest absolute Gasteiger partial charge is 0.226 e. The van der Waals surface area contributed by atoms with E-state index < -0.39 is 0 Å². The first-order chi connectivity index (χ1) is 9.61. The van der Waals surface area contributed by atoms with Crippen LogP contribution in [-0.2, 0) is 4.79 Å². The number of carbonyl (C=O) groups excluding carboxylic acids is 1. The van der Waals surface area contributed by atoms with Crippen molar-refractivity contribution in [3.63, 3.8) is 0 Å². The van der Waals surface area contributed by atoms with Crippen molar-refractivity contribution < 1.29 is 9.90 Å². The van der Waals surface area contributed by atoms with Gasteiger partial charge in [-0.1, -0.05) is 5.92 Å². The Labute approximate surface area is 122 Å². The minimum atomic E-state index is -0.328. The fourth-order valence-electron chi connectivity index (χ4n) is 3.47. The molecule has 1 amide bonds. The van der Waals surface area contributed by atoms with Gasteiger partial charge in [-0.25, -0.2) is 0 Å². The molecule has 0 spiro atoms. The molecule has 0 aliphatic carbocycles. The predicted octanol–water partition coefficient (Wildman–Crippen LogP) is 1.09. The second-order valence-corrected chi connectivity index (χ2v) is 6.17. The average molecular weight is 278 g/mol. The van der Waals surface area contributed by atoms with Crippen LogP contribution in [0.3, 0.4) is 0 Å². The van der Waals surface area contributed by atoms with Crippen molar-refractivity contribution in [3.05, 3.63) is 0 Å². The largest absolute Gasteiger partial charge is 0.393 e. The van der Waals surface area contributed by atoms with Crippen LogP contribution < -0.4 is 0 Å². The van der Waals surface area contributed by atoms with Crippen molar-refractivity contribution >= 4 is 5.91 Å². The molecule has 0 aromatic rings. The van der Waals surface area contributed by atoms with Gasteiger partial charge in [-0.2, -0.15) is 0 Å². The highest BCUT2D eigenvalue weighted by Gasteiger charge is 2.34. The summed E-state index contributed by atoms with van der Waals surface area (Å²) in [6.07, 6.45) is 9.64. The Morgan fingerprint density at radius 2 is 2.05 bits per heavy atom. The van der Waals surface area contributed by atoms with Gasteiger partial charge < -0.3 is 10.0 Å². The molecule has 20 heavy (non-hydrogen) atoms. The number of aliphatic hydroxyl groups excluding tert-OH is 1. The van der Waals surface area contributed by atoms with E-state index in [1.54, 1.807) is 6.92 Å². The molecule has 2 fully saturated rings. The molecule has 2 aliphatic rings. The lowest BCUT2D eigenvalue weighted by atomic mass is 9.94. The van der Waals surface area contributed by atoms with Gasteiger partial charge in [0.15, 0.2) is 0 Å². The number of nitrogens with zero attached hydrogens (tertiary/aromatic N) is 2. The molecule has 2 atom stereocenters. The van der Waals surface area contributed by atoms with Gasteiger partial charge in [0, 0.05) is 18.5 Å². The number of hydrogen-bond donors (Lipinski definition) is 1. The van der Waals surface area contributed by atoms with E-state index in [0.29, 0.717) is 18.9 Å². The number of amides is 1. The van der Waals surface area contributed by atoms with Crippen LogP contribution in [0.15, 0.2) is 0 Å². The molecule has 2 aliphatic heterocycles. The van der Waals surface area contributed by atoms with Crippen LogP contribution in [0.25, 0.3) is 0 Å². The minimum absolute atomic E-state index is 0.152. The highest BCUT2D eigenvalue weighted by atomic mass is 16.3. The summed E-state index contributed by atoms with van der Waals surface area (Å²) in [6.45, 7) is 5.21. The SMILES string of the molecule is C#CCN1CCC(C(=O)N2CCCC2CC(C)O)CC1. The van der Waals surface area contributed by atoms with Gasteiger partial charge in [-0.05, 0) is 52.1 Å². The quantitative estimate of drug-likeness (QED) is 0.783. The molecule has 1 N–H and O–H groups in total. The molecule has 2 unspecified atom stereocenters. The van der Waals surface area contributed by atoms with Crippen LogP contribution >= 0.6 is 0 Å². The topological polar surface area (TPSA) is 43.8 Å². The Bertz CT molecular complexity index is 367. The summed E-state index contributed by atoms with van der Waals surface area (Å²) >= 11 is 0. The first kappa shape index (κ1) is 15.3. The zero-order valence-corrected chi connectivity index (χ0v) is 12.4. The Morgan fingerprint density at radius 1 is 1.35 bits per heavy atom. The summed E-state index contributed by atoms with van der Waals surface area (Å²) in [6, 6.07) is 0.242. The average Bonchev–Trinajstić information content (AvgIpc) is 2.86. The molecule has 0 aromatic heterocycles. The maximum Gasteiger partial charge on any atom is 0.226 e. The van der Waals surface area contributed by atoms with E-state index >= 15 is 0 Å². The van der Waals surface area contributed by atoms with Crippen LogP contribution in [0.4, 0.5) is 0 Å². The number of piperidine rings is 1. The van der Waals surface area contributed by atoms with E-state index in [0.717, 1.165) is 45.3 Å². The lowest BCUT2D eigenvalue weighted by Gasteiger charge is -2.34. The summed E-state index contributed by atoms with van der Waals surface area (Å²) < 4.78 is 0. The molecule has 0 saturated carbocycles. The van der Waals surface area contributed by atoms with Gasteiger partial charge in [-0.15, -0.1) is 6.42 Å². The van der Waals surface area contributed by atoms with Crippen molar-refractivity contribution in [1.82, 2.24) is 9.80 Å². The number of aliphatic hydroxyl groups is 1. The van der Waals surface area contributed by atoms with E-state index in [1.165, 1.54) is 0 Å². The van der Waals surface area contributed by atoms with Gasteiger partial charge in [0.1, 0.15) is 0 Å². The zero-order chi connectivity index (χ0) is 14.5. The summed E-state index contributed by atoms with van der Waals surface area (Å²) in [5.74, 6) is 3.12. The standard InChI is InChI=1S/C16H26N2O2/c1-3-8-17-10-6-14(7-11-17)16(20)18-9-4-5-15(18)12-13(2)19/h1,13-15,19H,4-12H2,2H3. The van der Waals surface area contributed by atoms with Crippen LogP contribution in [0.5, 0.6) is 0 Å². The van der Waals surface area contributed by atoms with Gasteiger partial charge in [0.05, 0.1) is 12.6 Å². The normalized spacial score (nSPS) is 26.4. The summed E-state index contributed by atoms with van der Waals surface area (Å²) in [5, 5.41) is 9.55. The number of terminal acetylenes is 1. The van der Waals surface area contributed by atoms with Gasteiger partial charge in [-0.3, -0.25) is 9.69 Å². The second-order valence-electron chi connectivity index (χ2n) is 6.17. The number of rotatable bonds is 4. The first-order valence-corrected chi connectivity index (χ1v) is 7.76. The lowest BCUT2D eigenvalue weighted by molar-refractivity contribution is -0.138. The van der Waals surface area contributed by atoms with Crippen LogP contribution in [-0.4, -0.2) is 59.1 Å². The predicted molar refractivity (Wildman–Crippen MR) is 79.0 cm³/mol. The maximum absolute atomic E-state index is 12.6. The van der Waals surface area contributed by atoms with Crippen molar-refractivity contribution in [2.75, 3.05) is 26.2 Å². The van der Waals surface area contributed by atoms with Crippen LogP contribution in [0.1, 0.15) is 39.0 Å².